The first-order valence-corrected chi connectivity index (χ1v) is 8.24. The molecule has 1 N–H and O–H groups in total. The molecule has 2 aromatic rings. The molecule has 1 aromatic carbocycles. The number of rotatable bonds is 5. The van der Waals surface area contributed by atoms with Crippen LogP contribution in [0.3, 0.4) is 0 Å². The minimum atomic E-state index is -3.18. The van der Waals surface area contributed by atoms with E-state index in [2.05, 4.69) is 20.8 Å². The average molecular weight is 293 g/mol. The summed E-state index contributed by atoms with van der Waals surface area (Å²) < 4.78 is 24.5. The van der Waals surface area contributed by atoms with Gasteiger partial charge in [0, 0.05) is 12.3 Å². The normalized spacial score (nSPS) is 15.4. The van der Waals surface area contributed by atoms with Gasteiger partial charge in [-0.25, -0.2) is 8.42 Å². The van der Waals surface area contributed by atoms with Gasteiger partial charge in [0.2, 0.25) is 0 Å². The minimum absolute atomic E-state index is 0.284. The highest BCUT2D eigenvalue weighted by atomic mass is 32.2. The highest BCUT2D eigenvalue weighted by Crippen LogP contribution is 2.19. The zero-order chi connectivity index (χ0) is 14.2. The standard InChI is InChI=1S/C12H15N5O2S/c1-20(18,19)11-6-4-10(5-7-11)17-12(14-15-16-17)8-13-9-2-3-9/h4-7,9,13H,2-3,8H2,1H3. The number of hydrogen-bond acceptors (Lipinski definition) is 6. The third-order valence-corrected chi connectivity index (χ3v) is 4.30. The third-order valence-electron chi connectivity index (χ3n) is 3.17. The van der Waals surface area contributed by atoms with Gasteiger partial charge in [-0.1, -0.05) is 0 Å². The van der Waals surface area contributed by atoms with E-state index in [9.17, 15) is 8.42 Å². The average Bonchev–Trinajstić information content (AvgIpc) is 3.12. The van der Waals surface area contributed by atoms with E-state index in [-0.39, 0.29) is 4.90 Å². The van der Waals surface area contributed by atoms with Crippen molar-refractivity contribution in [2.45, 2.75) is 30.3 Å². The number of tetrazole rings is 1. The molecule has 1 heterocycles. The zero-order valence-electron chi connectivity index (χ0n) is 11.0. The Labute approximate surface area is 116 Å². The van der Waals surface area contributed by atoms with Gasteiger partial charge in [-0.15, -0.1) is 5.10 Å². The van der Waals surface area contributed by atoms with Crippen LogP contribution < -0.4 is 5.32 Å². The summed E-state index contributed by atoms with van der Waals surface area (Å²) in [6, 6.07) is 7.10. The fourth-order valence-electron chi connectivity index (χ4n) is 1.87. The van der Waals surface area contributed by atoms with Gasteiger partial charge in [0.05, 0.1) is 17.1 Å². The van der Waals surface area contributed by atoms with Gasteiger partial charge in [0.25, 0.3) is 0 Å². The Balaban J connectivity index is 1.83. The second-order valence-electron chi connectivity index (χ2n) is 4.93. The van der Waals surface area contributed by atoms with E-state index >= 15 is 0 Å². The number of nitrogens with zero attached hydrogens (tertiary/aromatic N) is 4. The van der Waals surface area contributed by atoms with Crippen molar-refractivity contribution >= 4 is 9.84 Å². The maximum absolute atomic E-state index is 11.4. The second-order valence-corrected chi connectivity index (χ2v) is 6.94. The molecular weight excluding hydrogens is 278 g/mol. The Morgan fingerprint density at radius 3 is 2.60 bits per heavy atom. The highest BCUT2D eigenvalue weighted by molar-refractivity contribution is 7.90. The first kappa shape index (κ1) is 13.2. The number of nitrogens with one attached hydrogen (secondary N) is 1. The Hall–Kier alpha value is -1.80. The molecule has 1 aliphatic rings. The summed E-state index contributed by atoms with van der Waals surface area (Å²) in [6.45, 7) is 0.603. The predicted molar refractivity (Wildman–Crippen MR) is 72.1 cm³/mol. The van der Waals surface area contributed by atoms with Crippen LogP contribution in [0.15, 0.2) is 29.2 Å². The molecule has 0 unspecified atom stereocenters. The molecule has 1 fully saturated rings. The summed E-state index contributed by atoms with van der Waals surface area (Å²) >= 11 is 0. The molecular formula is C12H15N5O2S. The van der Waals surface area contributed by atoms with Crippen LogP contribution >= 0.6 is 0 Å². The van der Waals surface area contributed by atoms with Crippen molar-refractivity contribution < 1.29 is 8.42 Å². The number of aromatic nitrogens is 4. The van der Waals surface area contributed by atoms with E-state index in [4.69, 9.17) is 0 Å². The molecule has 106 valence electrons. The van der Waals surface area contributed by atoms with Gasteiger partial charge in [0.1, 0.15) is 0 Å². The molecule has 0 aliphatic heterocycles. The van der Waals surface area contributed by atoms with Crippen LogP contribution in [-0.2, 0) is 16.4 Å². The predicted octanol–water partition coefficient (Wildman–Crippen LogP) is 0.318. The van der Waals surface area contributed by atoms with Crippen LogP contribution in [0.25, 0.3) is 5.69 Å². The summed E-state index contributed by atoms with van der Waals surface area (Å²) in [6.07, 6.45) is 3.58. The number of hydrogen-bond donors (Lipinski definition) is 1. The summed E-state index contributed by atoms with van der Waals surface area (Å²) in [5.41, 5.74) is 0.745. The molecule has 1 saturated carbocycles. The highest BCUT2D eigenvalue weighted by Gasteiger charge is 2.21. The lowest BCUT2D eigenvalue weighted by atomic mass is 10.3. The van der Waals surface area contributed by atoms with Gasteiger partial charge < -0.3 is 5.32 Å². The van der Waals surface area contributed by atoms with Crippen molar-refractivity contribution in [3.63, 3.8) is 0 Å². The van der Waals surface area contributed by atoms with Crippen LogP contribution in [-0.4, -0.2) is 40.9 Å². The van der Waals surface area contributed by atoms with Gasteiger partial charge in [-0.2, -0.15) is 4.68 Å². The molecule has 0 atom stereocenters. The summed E-state index contributed by atoms with van der Waals surface area (Å²) in [7, 11) is -3.18. The molecule has 0 bridgehead atoms. The van der Waals surface area contributed by atoms with E-state index in [1.807, 2.05) is 0 Å². The molecule has 0 amide bonds. The molecule has 1 aliphatic carbocycles. The molecule has 0 spiro atoms. The maximum Gasteiger partial charge on any atom is 0.175 e. The summed E-state index contributed by atoms with van der Waals surface area (Å²) in [4.78, 5) is 0.284. The fourth-order valence-corrected chi connectivity index (χ4v) is 2.50. The molecule has 1 aromatic heterocycles. The third kappa shape index (κ3) is 2.86. The van der Waals surface area contributed by atoms with E-state index in [0.717, 1.165) is 5.69 Å². The van der Waals surface area contributed by atoms with E-state index in [1.165, 1.54) is 19.1 Å². The number of benzene rings is 1. The number of sulfone groups is 1. The Morgan fingerprint density at radius 1 is 1.30 bits per heavy atom. The van der Waals surface area contributed by atoms with E-state index in [0.29, 0.717) is 18.4 Å². The Morgan fingerprint density at radius 2 is 2.00 bits per heavy atom. The van der Waals surface area contributed by atoms with E-state index in [1.54, 1.807) is 28.9 Å². The zero-order valence-corrected chi connectivity index (χ0v) is 11.8. The SMILES string of the molecule is CS(=O)(=O)c1ccc(-n2nnnc2CNC2CC2)cc1. The van der Waals surface area contributed by atoms with Crippen LogP contribution in [0, 0.1) is 0 Å². The Bertz CT molecular complexity index is 704. The van der Waals surface area contributed by atoms with Crippen molar-refractivity contribution in [2.24, 2.45) is 0 Å². The lowest BCUT2D eigenvalue weighted by Gasteiger charge is -2.06. The quantitative estimate of drug-likeness (QED) is 0.854. The second kappa shape index (κ2) is 4.95. The van der Waals surface area contributed by atoms with Gasteiger partial charge in [-0.3, -0.25) is 0 Å². The lowest BCUT2D eigenvalue weighted by molar-refractivity contribution is 0.602. The van der Waals surface area contributed by atoms with Crippen LogP contribution in [0.5, 0.6) is 0 Å². The lowest BCUT2D eigenvalue weighted by Crippen LogP contribution is -2.18. The molecule has 0 saturated heterocycles. The summed E-state index contributed by atoms with van der Waals surface area (Å²) in [5.74, 6) is 0.712. The van der Waals surface area contributed by atoms with E-state index < -0.39 is 9.84 Å². The van der Waals surface area contributed by atoms with Gasteiger partial charge in [-0.05, 0) is 47.5 Å². The van der Waals surface area contributed by atoms with Crippen molar-refractivity contribution in [3.8, 4) is 5.69 Å². The van der Waals surface area contributed by atoms with Crippen LogP contribution in [0.1, 0.15) is 18.7 Å². The van der Waals surface area contributed by atoms with Crippen molar-refractivity contribution in [1.29, 1.82) is 0 Å². The molecule has 0 radical (unpaired) electrons. The molecule has 8 heteroatoms. The van der Waals surface area contributed by atoms with Crippen LogP contribution in [0.4, 0.5) is 0 Å². The molecule has 7 nitrogen and oxygen atoms in total. The van der Waals surface area contributed by atoms with Crippen molar-refractivity contribution in [2.75, 3.05) is 6.26 Å². The molecule has 3 rings (SSSR count). The topological polar surface area (TPSA) is 89.8 Å². The minimum Gasteiger partial charge on any atom is -0.307 e. The van der Waals surface area contributed by atoms with Crippen molar-refractivity contribution in [1.82, 2.24) is 25.5 Å². The van der Waals surface area contributed by atoms with Gasteiger partial charge in [0.15, 0.2) is 15.7 Å². The van der Waals surface area contributed by atoms with Crippen LogP contribution in [0.2, 0.25) is 0 Å². The fraction of sp³-hybridized carbons (Fsp3) is 0.417. The Kier molecular flexibility index (Phi) is 3.27. The monoisotopic (exact) mass is 293 g/mol. The first-order chi connectivity index (χ1) is 9.54. The smallest absolute Gasteiger partial charge is 0.175 e. The van der Waals surface area contributed by atoms with Crippen molar-refractivity contribution in [3.05, 3.63) is 30.1 Å². The largest absolute Gasteiger partial charge is 0.307 e. The maximum atomic E-state index is 11.4. The summed E-state index contributed by atoms with van der Waals surface area (Å²) in [5, 5.41) is 14.9. The van der Waals surface area contributed by atoms with Gasteiger partial charge >= 0.3 is 0 Å². The molecule has 20 heavy (non-hydrogen) atoms. The first-order valence-electron chi connectivity index (χ1n) is 6.35.